The molecule has 1 fully saturated rings. The molecule has 1 aliphatic rings. The molecule has 4 amide bonds. The molecule has 1 saturated heterocycles. The van der Waals surface area contributed by atoms with E-state index in [2.05, 4.69) is 10.6 Å². The van der Waals surface area contributed by atoms with Crippen molar-refractivity contribution < 1.29 is 23.9 Å². The van der Waals surface area contributed by atoms with Gasteiger partial charge in [0.15, 0.2) is 6.61 Å². The van der Waals surface area contributed by atoms with Gasteiger partial charge in [-0.1, -0.05) is 43.3 Å². The molecule has 2 heterocycles. The molecule has 2 N–H and O–H groups in total. The van der Waals surface area contributed by atoms with E-state index in [0.717, 1.165) is 9.78 Å². The van der Waals surface area contributed by atoms with E-state index >= 15 is 0 Å². The van der Waals surface area contributed by atoms with Crippen molar-refractivity contribution in [3.63, 3.8) is 0 Å². The Hall–Kier alpha value is -3.20. The van der Waals surface area contributed by atoms with Gasteiger partial charge in [0.1, 0.15) is 12.1 Å². The summed E-state index contributed by atoms with van der Waals surface area (Å²) in [5.41, 5.74) is -0.565. The summed E-state index contributed by atoms with van der Waals surface area (Å²) in [5.74, 6) is -1.78. The lowest BCUT2D eigenvalue weighted by molar-refractivity contribution is -0.151. The molecule has 30 heavy (non-hydrogen) atoms. The summed E-state index contributed by atoms with van der Waals surface area (Å²) in [4.78, 5) is 51.2. The number of hydrogen-bond acceptors (Lipinski definition) is 6. The highest BCUT2D eigenvalue weighted by Gasteiger charge is 2.51. The third kappa shape index (κ3) is 4.68. The van der Waals surface area contributed by atoms with Crippen molar-refractivity contribution >= 4 is 35.2 Å². The number of hydrogen-bond donors (Lipinski definition) is 2. The van der Waals surface area contributed by atoms with Crippen LogP contribution in [0.4, 0.5) is 4.79 Å². The average Bonchev–Trinajstić information content (AvgIpc) is 3.35. The molecular weight excluding hydrogens is 406 g/mol. The van der Waals surface area contributed by atoms with Crippen molar-refractivity contribution in [2.45, 2.75) is 25.3 Å². The molecule has 1 aromatic carbocycles. The second-order valence-electron chi connectivity index (χ2n) is 6.79. The van der Waals surface area contributed by atoms with E-state index in [1.165, 1.54) is 0 Å². The van der Waals surface area contributed by atoms with Crippen LogP contribution in [0.3, 0.4) is 0 Å². The first-order valence-electron chi connectivity index (χ1n) is 9.60. The number of esters is 1. The van der Waals surface area contributed by atoms with Crippen molar-refractivity contribution in [1.82, 2.24) is 15.5 Å². The standard InChI is InChI=1S/C21H23N3O5S/c1-2-21(15-7-4-3-5-8-15)19(27)24(20(28)23-21)13-18(26)29-14-17(25)22-11-10-16-9-6-12-30-16/h3-9,12H,2,10-11,13-14H2,1H3,(H,22,25)(H,23,28). The molecule has 0 spiro atoms. The monoisotopic (exact) mass is 429 g/mol. The van der Waals surface area contributed by atoms with Gasteiger partial charge in [0.05, 0.1) is 0 Å². The fourth-order valence-electron chi connectivity index (χ4n) is 3.28. The summed E-state index contributed by atoms with van der Waals surface area (Å²) in [7, 11) is 0. The molecule has 0 radical (unpaired) electrons. The Labute approximate surface area is 178 Å². The topological polar surface area (TPSA) is 105 Å². The van der Waals surface area contributed by atoms with Gasteiger partial charge < -0.3 is 15.4 Å². The van der Waals surface area contributed by atoms with Gasteiger partial charge in [0.2, 0.25) is 0 Å². The van der Waals surface area contributed by atoms with E-state index in [1.54, 1.807) is 42.5 Å². The molecule has 1 aliphatic heterocycles. The molecule has 158 valence electrons. The fourth-order valence-corrected chi connectivity index (χ4v) is 3.99. The summed E-state index contributed by atoms with van der Waals surface area (Å²) in [5, 5.41) is 7.32. The third-order valence-corrected chi connectivity index (χ3v) is 5.83. The van der Waals surface area contributed by atoms with E-state index in [9.17, 15) is 19.2 Å². The van der Waals surface area contributed by atoms with Crippen LogP contribution in [0.5, 0.6) is 0 Å². The number of urea groups is 1. The molecular formula is C21H23N3O5S. The maximum absolute atomic E-state index is 13.0. The van der Waals surface area contributed by atoms with Crippen molar-refractivity contribution in [2.24, 2.45) is 0 Å². The van der Waals surface area contributed by atoms with Crippen LogP contribution in [-0.4, -0.2) is 48.4 Å². The van der Waals surface area contributed by atoms with Gasteiger partial charge in [-0.05, 0) is 29.9 Å². The Morgan fingerprint density at radius 1 is 1.17 bits per heavy atom. The number of carbonyl (C=O) groups is 4. The molecule has 1 aromatic heterocycles. The summed E-state index contributed by atoms with van der Waals surface area (Å²) in [6, 6.07) is 12.1. The Morgan fingerprint density at radius 3 is 2.60 bits per heavy atom. The zero-order chi connectivity index (χ0) is 21.6. The minimum atomic E-state index is -1.21. The van der Waals surface area contributed by atoms with Gasteiger partial charge in [0.25, 0.3) is 11.8 Å². The number of benzene rings is 1. The number of thiophene rings is 1. The lowest BCUT2D eigenvalue weighted by atomic mass is 9.87. The first kappa shape index (κ1) is 21.5. The number of ether oxygens (including phenoxy) is 1. The van der Waals surface area contributed by atoms with E-state index in [1.807, 2.05) is 23.6 Å². The van der Waals surface area contributed by atoms with Crippen molar-refractivity contribution in [2.75, 3.05) is 19.7 Å². The van der Waals surface area contributed by atoms with Crippen LogP contribution in [0.2, 0.25) is 0 Å². The molecule has 3 rings (SSSR count). The molecule has 9 heteroatoms. The van der Waals surface area contributed by atoms with Gasteiger partial charge >= 0.3 is 12.0 Å². The van der Waals surface area contributed by atoms with Crippen molar-refractivity contribution in [1.29, 1.82) is 0 Å². The van der Waals surface area contributed by atoms with Gasteiger partial charge in [0, 0.05) is 11.4 Å². The predicted molar refractivity (Wildman–Crippen MR) is 111 cm³/mol. The van der Waals surface area contributed by atoms with Gasteiger partial charge in [-0.2, -0.15) is 0 Å². The van der Waals surface area contributed by atoms with Crippen LogP contribution in [0.15, 0.2) is 47.8 Å². The number of nitrogens with one attached hydrogen (secondary N) is 2. The van der Waals surface area contributed by atoms with E-state index in [0.29, 0.717) is 24.9 Å². The molecule has 0 aliphatic carbocycles. The lowest BCUT2D eigenvalue weighted by Crippen LogP contribution is -2.44. The van der Waals surface area contributed by atoms with Crippen LogP contribution in [0.25, 0.3) is 0 Å². The summed E-state index contributed by atoms with van der Waals surface area (Å²) in [6.45, 7) is 1.19. The molecule has 1 atom stereocenters. The van der Waals surface area contributed by atoms with Crippen LogP contribution in [0, 0.1) is 0 Å². The minimum Gasteiger partial charge on any atom is -0.454 e. The van der Waals surface area contributed by atoms with Crippen LogP contribution in [0.1, 0.15) is 23.8 Å². The van der Waals surface area contributed by atoms with Crippen LogP contribution < -0.4 is 10.6 Å². The maximum Gasteiger partial charge on any atom is 0.326 e. The number of rotatable bonds is 9. The van der Waals surface area contributed by atoms with E-state index < -0.39 is 42.5 Å². The van der Waals surface area contributed by atoms with E-state index in [4.69, 9.17) is 4.74 Å². The van der Waals surface area contributed by atoms with Gasteiger partial charge in [-0.15, -0.1) is 11.3 Å². The Morgan fingerprint density at radius 2 is 1.93 bits per heavy atom. The fraction of sp³-hybridized carbons (Fsp3) is 0.333. The number of nitrogens with zero attached hydrogens (tertiary/aromatic N) is 1. The predicted octanol–water partition coefficient (Wildman–Crippen LogP) is 1.81. The Balaban J connectivity index is 1.50. The quantitative estimate of drug-likeness (QED) is 0.467. The summed E-state index contributed by atoms with van der Waals surface area (Å²) in [6.07, 6.45) is 1.03. The smallest absolute Gasteiger partial charge is 0.326 e. The van der Waals surface area contributed by atoms with E-state index in [-0.39, 0.29) is 0 Å². The Bertz CT molecular complexity index is 916. The zero-order valence-corrected chi connectivity index (χ0v) is 17.4. The van der Waals surface area contributed by atoms with Gasteiger partial charge in [-0.3, -0.25) is 19.3 Å². The molecule has 0 bridgehead atoms. The maximum atomic E-state index is 13.0. The third-order valence-electron chi connectivity index (χ3n) is 4.90. The molecule has 1 unspecified atom stereocenters. The summed E-state index contributed by atoms with van der Waals surface area (Å²) >= 11 is 1.60. The molecule has 0 saturated carbocycles. The number of amides is 4. The molecule has 2 aromatic rings. The van der Waals surface area contributed by atoms with Crippen LogP contribution in [-0.2, 0) is 31.1 Å². The van der Waals surface area contributed by atoms with Crippen molar-refractivity contribution in [3.05, 3.63) is 58.3 Å². The second-order valence-corrected chi connectivity index (χ2v) is 7.82. The summed E-state index contributed by atoms with van der Waals surface area (Å²) < 4.78 is 4.94. The average molecular weight is 429 g/mol. The Kier molecular flexibility index (Phi) is 6.83. The van der Waals surface area contributed by atoms with Crippen molar-refractivity contribution in [3.8, 4) is 0 Å². The minimum absolute atomic E-state index is 0.333. The first-order chi connectivity index (χ1) is 14.5. The zero-order valence-electron chi connectivity index (χ0n) is 16.6. The molecule has 8 nitrogen and oxygen atoms in total. The second kappa shape index (κ2) is 9.53. The van der Waals surface area contributed by atoms with Crippen LogP contribution >= 0.6 is 11.3 Å². The number of carbonyl (C=O) groups excluding carboxylic acids is 4. The normalized spacial score (nSPS) is 18.2. The highest BCUT2D eigenvalue weighted by molar-refractivity contribution is 7.09. The highest BCUT2D eigenvalue weighted by Crippen LogP contribution is 2.32. The van der Waals surface area contributed by atoms with Gasteiger partial charge in [-0.25, -0.2) is 4.79 Å². The number of imide groups is 1. The largest absolute Gasteiger partial charge is 0.454 e. The highest BCUT2D eigenvalue weighted by atomic mass is 32.1. The SMILES string of the molecule is CCC1(c2ccccc2)NC(=O)N(CC(=O)OCC(=O)NCCc2cccs2)C1=O. The first-order valence-corrected chi connectivity index (χ1v) is 10.5. The lowest BCUT2D eigenvalue weighted by Gasteiger charge is -2.25.